The Morgan fingerprint density at radius 3 is 2.44 bits per heavy atom. The summed E-state index contributed by atoms with van der Waals surface area (Å²) in [6, 6.07) is 15.8. The number of hydrogen-bond donors (Lipinski definition) is 1. The molecule has 0 aliphatic rings. The Kier molecular flexibility index (Phi) is 6.63. The maximum atomic E-state index is 12.0. The van der Waals surface area contributed by atoms with Crippen LogP contribution in [0, 0.1) is 6.92 Å². The summed E-state index contributed by atoms with van der Waals surface area (Å²) in [6.07, 6.45) is 0.468. The number of methoxy groups -OCH3 is 1. The molecule has 2 rings (SSSR count). The highest BCUT2D eigenvalue weighted by atomic mass is 16.5. The van der Waals surface area contributed by atoms with Crippen LogP contribution in [-0.4, -0.2) is 19.7 Å². The third-order valence-electron chi connectivity index (χ3n) is 4.01. The van der Waals surface area contributed by atoms with Crippen LogP contribution in [0.1, 0.15) is 30.5 Å². The van der Waals surface area contributed by atoms with E-state index in [4.69, 9.17) is 9.47 Å². The molecular formula is C21H25NO3. The van der Waals surface area contributed by atoms with E-state index in [0.717, 1.165) is 22.6 Å². The fourth-order valence-corrected chi connectivity index (χ4v) is 2.67. The molecule has 2 aromatic carbocycles. The summed E-state index contributed by atoms with van der Waals surface area (Å²) in [6.45, 7) is 8.10. The van der Waals surface area contributed by atoms with E-state index < -0.39 is 0 Å². The summed E-state index contributed by atoms with van der Waals surface area (Å²) in [5.74, 6) is 0.451. The van der Waals surface area contributed by atoms with Crippen LogP contribution in [0.3, 0.4) is 0 Å². The second kappa shape index (κ2) is 8.92. The SMILES string of the molecule is C=C(CC(Nc1ccc(OC)cc1)c1ccccc1C)C(=O)OCC. The Balaban J connectivity index is 2.23. The number of benzene rings is 2. The molecule has 0 aromatic heterocycles. The molecule has 0 amide bonds. The Bertz CT molecular complexity index is 722. The van der Waals surface area contributed by atoms with Gasteiger partial charge in [-0.25, -0.2) is 4.79 Å². The van der Waals surface area contributed by atoms with Crippen LogP contribution in [0.5, 0.6) is 5.75 Å². The molecule has 2 aromatic rings. The molecule has 0 aliphatic heterocycles. The molecule has 0 saturated carbocycles. The van der Waals surface area contributed by atoms with Gasteiger partial charge in [0.15, 0.2) is 0 Å². The average molecular weight is 339 g/mol. The first-order valence-corrected chi connectivity index (χ1v) is 8.36. The molecule has 25 heavy (non-hydrogen) atoms. The zero-order chi connectivity index (χ0) is 18.2. The van der Waals surface area contributed by atoms with Crippen molar-refractivity contribution in [2.45, 2.75) is 26.3 Å². The monoisotopic (exact) mass is 339 g/mol. The summed E-state index contributed by atoms with van der Waals surface area (Å²) >= 11 is 0. The largest absolute Gasteiger partial charge is 0.497 e. The van der Waals surface area contributed by atoms with Crippen LogP contribution >= 0.6 is 0 Å². The fourth-order valence-electron chi connectivity index (χ4n) is 2.67. The van der Waals surface area contributed by atoms with Gasteiger partial charge in [0.25, 0.3) is 0 Å². The van der Waals surface area contributed by atoms with Gasteiger partial charge in [-0.05, 0) is 49.2 Å². The number of aryl methyl sites for hydroxylation is 1. The fraction of sp³-hybridized carbons (Fsp3) is 0.286. The summed E-state index contributed by atoms with van der Waals surface area (Å²) in [4.78, 5) is 12.0. The van der Waals surface area contributed by atoms with Crippen molar-refractivity contribution in [1.82, 2.24) is 0 Å². The minimum absolute atomic E-state index is 0.0773. The van der Waals surface area contributed by atoms with Gasteiger partial charge in [-0.3, -0.25) is 0 Å². The minimum atomic E-state index is -0.349. The lowest BCUT2D eigenvalue weighted by Gasteiger charge is -2.23. The van der Waals surface area contributed by atoms with Gasteiger partial charge in [-0.15, -0.1) is 0 Å². The molecule has 0 bridgehead atoms. The molecule has 4 heteroatoms. The Morgan fingerprint density at radius 1 is 1.16 bits per heavy atom. The van der Waals surface area contributed by atoms with Crippen molar-refractivity contribution in [2.24, 2.45) is 0 Å². The van der Waals surface area contributed by atoms with Gasteiger partial charge in [0.1, 0.15) is 5.75 Å². The van der Waals surface area contributed by atoms with E-state index in [0.29, 0.717) is 18.6 Å². The number of nitrogens with one attached hydrogen (secondary N) is 1. The maximum absolute atomic E-state index is 12.0. The van der Waals surface area contributed by atoms with Gasteiger partial charge in [0, 0.05) is 17.7 Å². The first-order chi connectivity index (χ1) is 12.0. The van der Waals surface area contributed by atoms with Crippen LogP contribution in [0.4, 0.5) is 5.69 Å². The Hall–Kier alpha value is -2.75. The molecule has 4 nitrogen and oxygen atoms in total. The normalized spacial score (nSPS) is 11.5. The highest BCUT2D eigenvalue weighted by Gasteiger charge is 2.19. The molecule has 0 radical (unpaired) electrons. The third kappa shape index (κ3) is 5.11. The first kappa shape index (κ1) is 18.6. The zero-order valence-corrected chi connectivity index (χ0v) is 15.0. The second-order valence-electron chi connectivity index (χ2n) is 5.81. The van der Waals surface area contributed by atoms with Gasteiger partial charge in [0.05, 0.1) is 19.8 Å². The molecule has 132 valence electrons. The summed E-state index contributed by atoms with van der Waals surface area (Å²) in [5, 5.41) is 3.49. The molecule has 1 N–H and O–H groups in total. The lowest BCUT2D eigenvalue weighted by molar-refractivity contribution is -0.138. The van der Waals surface area contributed by atoms with Crippen molar-refractivity contribution in [3.63, 3.8) is 0 Å². The molecule has 1 atom stereocenters. The summed E-state index contributed by atoms with van der Waals surface area (Å²) in [5.41, 5.74) is 3.69. The maximum Gasteiger partial charge on any atom is 0.333 e. The first-order valence-electron chi connectivity index (χ1n) is 8.36. The number of carbonyl (C=O) groups excluding carboxylic acids is 1. The molecule has 0 fully saturated rings. The standard InChI is InChI=1S/C21H25NO3/c1-5-25-21(23)16(3)14-20(19-9-7-6-8-15(19)2)22-17-10-12-18(24-4)13-11-17/h6-13,20,22H,3,5,14H2,1-2,4H3. The molecule has 1 unspecified atom stereocenters. The van der Waals surface area contributed by atoms with Crippen LogP contribution < -0.4 is 10.1 Å². The number of carbonyl (C=O) groups is 1. The van der Waals surface area contributed by atoms with Crippen molar-refractivity contribution >= 4 is 11.7 Å². The van der Waals surface area contributed by atoms with E-state index in [1.54, 1.807) is 14.0 Å². The Morgan fingerprint density at radius 2 is 1.84 bits per heavy atom. The van der Waals surface area contributed by atoms with Crippen LogP contribution in [0.2, 0.25) is 0 Å². The van der Waals surface area contributed by atoms with Crippen molar-refractivity contribution in [3.05, 3.63) is 71.8 Å². The van der Waals surface area contributed by atoms with Gasteiger partial charge in [-0.1, -0.05) is 30.8 Å². The predicted molar refractivity (Wildman–Crippen MR) is 101 cm³/mol. The number of hydrogen-bond acceptors (Lipinski definition) is 4. The van der Waals surface area contributed by atoms with E-state index in [1.165, 1.54) is 0 Å². The topological polar surface area (TPSA) is 47.6 Å². The number of ether oxygens (including phenoxy) is 2. The van der Waals surface area contributed by atoms with Crippen LogP contribution in [0.25, 0.3) is 0 Å². The lowest BCUT2D eigenvalue weighted by atomic mass is 9.95. The van der Waals surface area contributed by atoms with E-state index in [-0.39, 0.29) is 12.0 Å². The van der Waals surface area contributed by atoms with E-state index >= 15 is 0 Å². The van der Waals surface area contributed by atoms with Crippen molar-refractivity contribution in [1.29, 1.82) is 0 Å². The van der Waals surface area contributed by atoms with Crippen molar-refractivity contribution in [3.8, 4) is 5.75 Å². The molecule has 0 saturated heterocycles. The number of esters is 1. The molecule has 0 spiro atoms. The van der Waals surface area contributed by atoms with E-state index in [1.807, 2.05) is 36.4 Å². The molecule has 0 aliphatic carbocycles. The summed E-state index contributed by atoms with van der Waals surface area (Å²) in [7, 11) is 1.64. The van der Waals surface area contributed by atoms with Crippen LogP contribution in [0.15, 0.2) is 60.7 Å². The number of anilines is 1. The van der Waals surface area contributed by atoms with Gasteiger partial charge >= 0.3 is 5.97 Å². The van der Waals surface area contributed by atoms with Gasteiger partial charge in [0.2, 0.25) is 0 Å². The van der Waals surface area contributed by atoms with Crippen molar-refractivity contribution in [2.75, 3.05) is 19.0 Å². The highest BCUT2D eigenvalue weighted by Crippen LogP contribution is 2.29. The predicted octanol–water partition coefficient (Wildman–Crippen LogP) is 4.67. The summed E-state index contributed by atoms with van der Waals surface area (Å²) < 4.78 is 10.3. The quantitative estimate of drug-likeness (QED) is 0.561. The van der Waals surface area contributed by atoms with Gasteiger partial charge < -0.3 is 14.8 Å². The smallest absolute Gasteiger partial charge is 0.333 e. The molecular weight excluding hydrogens is 314 g/mol. The minimum Gasteiger partial charge on any atom is -0.497 e. The Labute approximate surface area is 149 Å². The van der Waals surface area contributed by atoms with Crippen LogP contribution in [-0.2, 0) is 9.53 Å². The van der Waals surface area contributed by atoms with Gasteiger partial charge in [-0.2, -0.15) is 0 Å². The molecule has 0 heterocycles. The number of rotatable bonds is 8. The highest BCUT2D eigenvalue weighted by molar-refractivity contribution is 5.87. The second-order valence-corrected chi connectivity index (χ2v) is 5.81. The van der Waals surface area contributed by atoms with Crippen molar-refractivity contribution < 1.29 is 14.3 Å². The van der Waals surface area contributed by atoms with E-state index in [2.05, 4.69) is 31.0 Å². The third-order valence-corrected chi connectivity index (χ3v) is 4.01. The van der Waals surface area contributed by atoms with E-state index in [9.17, 15) is 4.79 Å². The lowest BCUT2D eigenvalue weighted by Crippen LogP contribution is -2.16. The zero-order valence-electron chi connectivity index (χ0n) is 15.0. The average Bonchev–Trinajstić information content (AvgIpc) is 2.62.